The van der Waals surface area contributed by atoms with Crippen LogP contribution in [0.25, 0.3) is 0 Å². The number of likely N-dealkylation sites (tertiary alicyclic amines) is 1. The standard InChI is InChI=1S/C42H72N6O8/c1-12-28(6)37(47(9)42(54)36(27(4)5)46-41(53)35(43-8)26(2)3)33(55-10)25-34(50)48-22-16-20-32(48)38(56-11)29(7)39(51)45-31(40(52)44-21-17-23-49)24-30-18-14-13-15-19-30/h13-15,18-19,26-29,31-33,35-38,43,49H,12,16-17,20-25H2,1-11H3,(H,44,52)(H,45,51)(H,46,53)/t28-,29+,31-,32-,33+,35-,36-,37-,38+/m0/s1. The molecule has 0 unspecified atom stereocenters. The molecule has 1 heterocycles. The number of rotatable bonds is 24. The number of hydrogen-bond donors (Lipinski definition) is 5. The van der Waals surface area contributed by atoms with Crippen LogP contribution in [0.5, 0.6) is 0 Å². The topological polar surface area (TPSA) is 179 Å². The van der Waals surface area contributed by atoms with Gasteiger partial charge in [-0.15, -0.1) is 0 Å². The van der Waals surface area contributed by atoms with E-state index in [0.717, 1.165) is 18.4 Å². The SMILES string of the molecule is CC[C@H](C)[C@@H]([C@@H](CC(=O)N1CCC[C@H]1[C@H](OC)[C@@H](C)C(=O)N[C@@H](Cc1ccccc1)C(=O)NCCCO)OC)N(C)C(=O)[C@@H](NC(=O)[C@@H](NC)C(C)C)C(C)C. The van der Waals surface area contributed by atoms with Crippen LogP contribution < -0.4 is 21.3 Å². The fraction of sp³-hybridized carbons (Fsp3) is 0.738. The largest absolute Gasteiger partial charge is 0.396 e. The van der Waals surface area contributed by atoms with Crippen molar-refractivity contribution in [1.82, 2.24) is 31.1 Å². The monoisotopic (exact) mass is 789 g/mol. The van der Waals surface area contributed by atoms with Gasteiger partial charge in [0.1, 0.15) is 12.1 Å². The number of carbonyl (C=O) groups is 5. The summed E-state index contributed by atoms with van der Waals surface area (Å²) in [6.45, 7) is 14.2. The zero-order chi connectivity index (χ0) is 42.1. The molecule has 5 N–H and O–H groups in total. The molecule has 1 aromatic carbocycles. The molecule has 1 fully saturated rings. The number of amides is 5. The van der Waals surface area contributed by atoms with Crippen molar-refractivity contribution in [2.24, 2.45) is 23.7 Å². The first-order valence-corrected chi connectivity index (χ1v) is 20.4. The Morgan fingerprint density at radius 1 is 0.911 bits per heavy atom. The Hall–Kier alpha value is -3.59. The Morgan fingerprint density at radius 2 is 1.55 bits per heavy atom. The highest BCUT2D eigenvalue weighted by molar-refractivity contribution is 5.90. The Labute approximate surface area is 335 Å². The summed E-state index contributed by atoms with van der Waals surface area (Å²) >= 11 is 0. The lowest BCUT2D eigenvalue weighted by atomic mass is 9.89. The van der Waals surface area contributed by atoms with Gasteiger partial charge in [0.15, 0.2) is 0 Å². The lowest BCUT2D eigenvalue weighted by Crippen LogP contribution is -2.59. The van der Waals surface area contributed by atoms with Crippen LogP contribution in [0, 0.1) is 23.7 Å². The minimum Gasteiger partial charge on any atom is -0.396 e. The highest BCUT2D eigenvalue weighted by atomic mass is 16.5. The molecule has 1 aliphatic rings. The van der Waals surface area contributed by atoms with Crippen molar-refractivity contribution in [3.63, 3.8) is 0 Å². The molecule has 318 valence electrons. The van der Waals surface area contributed by atoms with Gasteiger partial charge >= 0.3 is 0 Å². The lowest BCUT2D eigenvalue weighted by Gasteiger charge is -2.41. The number of ether oxygens (including phenoxy) is 2. The smallest absolute Gasteiger partial charge is 0.245 e. The first-order chi connectivity index (χ1) is 26.6. The number of benzene rings is 1. The third kappa shape index (κ3) is 13.5. The summed E-state index contributed by atoms with van der Waals surface area (Å²) < 4.78 is 12.0. The summed E-state index contributed by atoms with van der Waals surface area (Å²) in [7, 11) is 6.52. The normalized spacial score (nSPS) is 18.7. The zero-order valence-electron chi connectivity index (χ0n) is 35.8. The Balaban J connectivity index is 2.28. The number of methoxy groups -OCH3 is 2. The molecular weight excluding hydrogens is 716 g/mol. The summed E-state index contributed by atoms with van der Waals surface area (Å²) in [6.07, 6.45) is 1.43. The molecule has 0 bridgehead atoms. The average Bonchev–Trinajstić information content (AvgIpc) is 3.66. The van der Waals surface area contributed by atoms with E-state index in [9.17, 15) is 29.1 Å². The van der Waals surface area contributed by atoms with Gasteiger partial charge in [0.2, 0.25) is 29.5 Å². The fourth-order valence-electron chi connectivity index (χ4n) is 7.83. The summed E-state index contributed by atoms with van der Waals surface area (Å²) in [6, 6.07) is 6.45. The first-order valence-electron chi connectivity index (χ1n) is 20.4. The Kier molecular flexibility index (Phi) is 21.0. The van der Waals surface area contributed by atoms with E-state index in [1.165, 1.54) is 7.11 Å². The number of carbonyl (C=O) groups excluding carboxylic acids is 5. The minimum absolute atomic E-state index is 0.00230. The molecule has 9 atom stereocenters. The van der Waals surface area contributed by atoms with Gasteiger partial charge in [-0.25, -0.2) is 0 Å². The molecule has 0 spiro atoms. The Bertz CT molecular complexity index is 1380. The van der Waals surface area contributed by atoms with Crippen molar-refractivity contribution in [3.8, 4) is 0 Å². The number of likely N-dealkylation sites (N-methyl/N-ethyl adjacent to an activating group) is 2. The predicted molar refractivity (Wildman–Crippen MR) is 217 cm³/mol. The molecule has 14 nitrogen and oxygen atoms in total. The van der Waals surface area contributed by atoms with Crippen LogP contribution in [0.4, 0.5) is 0 Å². The first kappa shape index (κ1) is 48.6. The van der Waals surface area contributed by atoms with Crippen molar-refractivity contribution >= 4 is 29.5 Å². The van der Waals surface area contributed by atoms with Gasteiger partial charge in [-0.05, 0) is 49.6 Å². The van der Waals surface area contributed by atoms with Gasteiger partial charge in [-0.2, -0.15) is 0 Å². The van der Waals surface area contributed by atoms with Gasteiger partial charge in [0.05, 0.1) is 42.7 Å². The van der Waals surface area contributed by atoms with Crippen LogP contribution in [-0.4, -0.2) is 135 Å². The zero-order valence-corrected chi connectivity index (χ0v) is 35.8. The maximum Gasteiger partial charge on any atom is 0.245 e. The van der Waals surface area contributed by atoms with Gasteiger partial charge in [-0.1, -0.05) is 85.2 Å². The van der Waals surface area contributed by atoms with E-state index in [2.05, 4.69) is 21.3 Å². The minimum atomic E-state index is -0.854. The maximum atomic E-state index is 14.3. The second-order valence-corrected chi connectivity index (χ2v) is 15.9. The number of aliphatic hydroxyl groups excluding tert-OH is 1. The van der Waals surface area contributed by atoms with Crippen LogP contribution in [0.2, 0.25) is 0 Å². The molecular formula is C42H72N6O8. The van der Waals surface area contributed by atoms with Crippen molar-refractivity contribution in [3.05, 3.63) is 35.9 Å². The molecule has 1 saturated heterocycles. The van der Waals surface area contributed by atoms with E-state index in [0.29, 0.717) is 19.4 Å². The molecule has 1 aromatic rings. The number of nitrogens with zero attached hydrogens (tertiary/aromatic N) is 2. The van der Waals surface area contributed by atoms with E-state index in [1.807, 2.05) is 71.9 Å². The van der Waals surface area contributed by atoms with Crippen molar-refractivity contribution in [2.75, 3.05) is 48.0 Å². The molecule has 0 aliphatic carbocycles. The molecule has 0 saturated carbocycles. The number of nitrogens with one attached hydrogen (secondary N) is 4. The van der Waals surface area contributed by atoms with E-state index < -0.39 is 48.3 Å². The summed E-state index contributed by atoms with van der Waals surface area (Å²) in [5, 5.41) is 21.0. The van der Waals surface area contributed by atoms with Crippen molar-refractivity contribution in [2.45, 2.75) is 129 Å². The maximum absolute atomic E-state index is 14.3. The third-order valence-corrected chi connectivity index (χ3v) is 11.3. The number of aliphatic hydroxyl groups is 1. The van der Waals surface area contributed by atoms with E-state index in [1.54, 1.807) is 37.9 Å². The van der Waals surface area contributed by atoms with E-state index in [-0.39, 0.29) is 73.3 Å². The second kappa shape index (κ2) is 24.2. The van der Waals surface area contributed by atoms with Gasteiger partial charge in [0.25, 0.3) is 0 Å². The second-order valence-electron chi connectivity index (χ2n) is 15.9. The third-order valence-electron chi connectivity index (χ3n) is 11.3. The molecule has 14 heteroatoms. The number of hydrogen-bond acceptors (Lipinski definition) is 9. The lowest BCUT2D eigenvalue weighted by molar-refractivity contribution is -0.148. The fourth-order valence-corrected chi connectivity index (χ4v) is 7.83. The van der Waals surface area contributed by atoms with E-state index >= 15 is 0 Å². The quantitative estimate of drug-likeness (QED) is 0.0986. The highest BCUT2D eigenvalue weighted by Crippen LogP contribution is 2.30. The molecule has 1 aliphatic heterocycles. The molecule has 2 rings (SSSR count). The highest BCUT2D eigenvalue weighted by Gasteiger charge is 2.43. The summed E-state index contributed by atoms with van der Waals surface area (Å²) in [4.78, 5) is 72.1. The molecule has 5 amide bonds. The molecule has 56 heavy (non-hydrogen) atoms. The van der Waals surface area contributed by atoms with Crippen molar-refractivity contribution < 1.29 is 38.6 Å². The van der Waals surface area contributed by atoms with Gasteiger partial charge < -0.3 is 45.6 Å². The van der Waals surface area contributed by atoms with Crippen LogP contribution >= 0.6 is 0 Å². The molecule has 0 aromatic heterocycles. The van der Waals surface area contributed by atoms with Gasteiger partial charge in [0, 0.05) is 47.4 Å². The van der Waals surface area contributed by atoms with Crippen LogP contribution in [-0.2, 0) is 39.9 Å². The van der Waals surface area contributed by atoms with Crippen LogP contribution in [0.1, 0.15) is 86.1 Å². The predicted octanol–water partition coefficient (Wildman–Crippen LogP) is 2.52. The average molecular weight is 789 g/mol. The summed E-state index contributed by atoms with van der Waals surface area (Å²) in [5.74, 6) is -2.31. The molecule has 0 radical (unpaired) electrons. The Morgan fingerprint density at radius 3 is 2.09 bits per heavy atom. The van der Waals surface area contributed by atoms with Gasteiger partial charge in [-0.3, -0.25) is 24.0 Å². The van der Waals surface area contributed by atoms with Crippen LogP contribution in [0.3, 0.4) is 0 Å². The van der Waals surface area contributed by atoms with E-state index in [4.69, 9.17) is 9.47 Å². The van der Waals surface area contributed by atoms with Crippen molar-refractivity contribution in [1.29, 1.82) is 0 Å². The van der Waals surface area contributed by atoms with Crippen LogP contribution in [0.15, 0.2) is 30.3 Å². The summed E-state index contributed by atoms with van der Waals surface area (Å²) in [5.41, 5.74) is 0.882.